The molecule has 2 amide bonds. The van der Waals surface area contributed by atoms with E-state index in [4.69, 9.17) is 5.11 Å². The zero-order valence-electron chi connectivity index (χ0n) is 13.4. The van der Waals surface area contributed by atoms with Crippen molar-refractivity contribution < 1.29 is 24.6 Å². The average Bonchev–Trinajstić information content (AvgIpc) is 2.59. The lowest BCUT2D eigenvalue weighted by Crippen LogP contribution is -2.54. The van der Waals surface area contributed by atoms with Crippen molar-refractivity contribution in [3.63, 3.8) is 0 Å². The van der Waals surface area contributed by atoms with Crippen LogP contribution in [-0.2, 0) is 4.79 Å². The Balaban J connectivity index is 1.71. The summed E-state index contributed by atoms with van der Waals surface area (Å²) in [5.41, 5.74) is -0.890. The Morgan fingerprint density at radius 3 is 2.33 bits per heavy atom. The molecule has 0 atom stereocenters. The van der Waals surface area contributed by atoms with Crippen LogP contribution in [0.1, 0.15) is 36.0 Å². The van der Waals surface area contributed by atoms with Crippen LogP contribution >= 0.6 is 0 Å². The molecule has 1 saturated heterocycles. The molecule has 24 heavy (non-hydrogen) atoms. The largest absolute Gasteiger partial charge is 0.465 e. The van der Waals surface area contributed by atoms with Gasteiger partial charge in [-0.25, -0.2) is 4.79 Å². The van der Waals surface area contributed by atoms with Gasteiger partial charge in [-0.2, -0.15) is 0 Å². The number of nitrogens with zero attached hydrogens (tertiary/aromatic N) is 1. The zero-order valence-corrected chi connectivity index (χ0v) is 13.4. The van der Waals surface area contributed by atoms with Gasteiger partial charge in [0.1, 0.15) is 5.60 Å². The highest BCUT2D eigenvalue weighted by atomic mass is 16.4. The van der Waals surface area contributed by atoms with E-state index in [0.29, 0.717) is 24.9 Å². The molecular weight excluding hydrogens is 312 g/mol. The highest BCUT2D eigenvalue weighted by Gasteiger charge is 2.40. The SMILES string of the molecule is O=C(CCCNC(=O)C1(O)CCN(C(=O)O)CC1)c1ccccc1. The fourth-order valence-electron chi connectivity index (χ4n) is 2.68. The second-order valence-corrected chi connectivity index (χ2v) is 5.95. The number of aliphatic hydroxyl groups is 1. The number of amides is 2. The van der Waals surface area contributed by atoms with E-state index < -0.39 is 17.6 Å². The van der Waals surface area contributed by atoms with Crippen LogP contribution in [0.4, 0.5) is 4.79 Å². The monoisotopic (exact) mass is 334 g/mol. The summed E-state index contributed by atoms with van der Waals surface area (Å²) in [5, 5.41) is 21.8. The molecule has 0 unspecified atom stereocenters. The van der Waals surface area contributed by atoms with Crippen molar-refractivity contribution in [3.05, 3.63) is 35.9 Å². The molecule has 2 rings (SSSR count). The number of carbonyl (C=O) groups is 3. The topological polar surface area (TPSA) is 107 Å². The van der Waals surface area contributed by atoms with Gasteiger partial charge in [-0.3, -0.25) is 9.59 Å². The lowest BCUT2D eigenvalue weighted by atomic mass is 9.90. The maximum absolute atomic E-state index is 12.1. The van der Waals surface area contributed by atoms with Crippen molar-refractivity contribution in [1.82, 2.24) is 10.2 Å². The molecule has 0 aromatic heterocycles. The predicted octanol–water partition coefficient (Wildman–Crippen LogP) is 1.27. The Hall–Kier alpha value is -2.41. The minimum absolute atomic E-state index is 0.0123. The first-order chi connectivity index (χ1) is 11.4. The van der Waals surface area contributed by atoms with Crippen LogP contribution in [0.2, 0.25) is 0 Å². The number of Topliss-reactive ketones (excluding diaryl/α,β-unsaturated/α-hetero) is 1. The second-order valence-electron chi connectivity index (χ2n) is 5.95. The van der Waals surface area contributed by atoms with E-state index >= 15 is 0 Å². The molecule has 7 nitrogen and oxygen atoms in total. The summed E-state index contributed by atoms with van der Waals surface area (Å²) in [6.07, 6.45) is -0.0917. The summed E-state index contributed by atoms with van der Waals surface area (Å²) >= 11 is 0. The van der Waals surface area contributed by atoms with Gasteiger partial charge < -0.3 is 20.4 Å². The molecule has 0 bridgehead atoms. The van der Waals surface area contributed by atoms with Crippen LogP contribution in [0, 0.1) is 0 Å². The molecule has 130 valence electrons. The highest BCUT2D eigenvalue weighted by molar-refractivity contribution is 5.96. The molecule has 1 aromatic rings. The standard InChI is InChI=1S/C17H22N2O5/c20-14(13-5-2-1-3-6-13)7-4-10-18-15(21)17(24)8-11-19(12-9-17)16(22)23/h1-3,5-6,24H,4,7-12H2,(H,18,21)(H,22,23). The quantitative estimate of drug-likeness (QED) is 0.536. The van der Waals surface area contributed by atoms with Crippen LogP contribution in [-0.4, -0.2) is 58.1 Å². The molecule has 1 heterocycles. The number of carboxylic acid groups (broad SMARTS) is 1. The number of hydrogen-bond donors (Lipinski definition) is 3. The Kier molecular flexibility index (Phi) is 5.92. The van der Waals surface area contributed by atoms with Crippen LogP contribution in [0.15, 0.2) is 30.3 Å². The maximum atomic E-state index is 12.1. The Morgan fingerprint density at radius 2 is 1.75 bits per heavy atom. The zero-order chi connectivity index (χ0) is 17.6. The summed E-state index contributed by atoms with van der Waals surface area (Å²) in [4.78, 5) is 36.0. The third-order valence-electron chi connectivity index (χ3n) is 4.25. The summed E-state index contributed by atoms with van der Waals surface area (Å²) in [6, 6.07) is 8.94. The molecule has 0 spiro atoms. The van der Waals surface area contributed by atoms with Crippen LogP contribution < -0.4 is 5.32 Å². The number of likely N-dealkylation sites (tertiary alicyclic amines) is 1. The second kappa shape index (κ2) is 7.92. The molecule has 7 heteroatoms. The lowest BCUT2D eigenvalue weighted by molar-refractivity contribution is -0.144. The van der Waals surface area contributed by atoms with Crippen LogP contribution in [0.5, 0.6) is 0 Å². The third kappa shape index (κ3) is 4.55. The number of hydrogen-bond acceptors (Lipinski definition) is 4. The normalized spacial score (nSPS) is 16.5. The van der Waals surface area contributed by atoms with Crippen molar-refractivity contribution in [2.75, 3.05) is 19.6 Å². The van der Waals surface area contributed by atoms with E-state index in [9.17, 15) is 19.5 Å². The fraction of sp³-hybridized carbons (Fsp3) is 0.471. The van der Waals surface area contributed by atoms with E-state index in [2.05, 4.69) is 5.32 Å². The molecule has 0 radical (unpaired) electrons. The van der Waals surface area contributed by atoms with Crippen molar-refractivity contribution in [3.8, 4) is 0 Å². The summed E-state index contributed by atoms with van der Waals surface area (Å²) in [7, 11) is 0. The van der Waals surface area contributed by atoms with Gasteiger partial charge in [-0.05, 0) is 6.42 Å². The first-order valence-corrected chi connectivity index (χ1v) is 7.99. The van der Waals surface area contributed by atoms with Gasteiger partial charge in [0.15, 0.2) is 5.78 Å². The molecule has 1 aromatic carbocycles. The van der Waals surface area contributed by atoms with Crippen LogP contribution in [0.25, 0.3) is 0 Å². The Bertz CT molecular complexity index is 594. The van der Waals surface area contributed by atoms with Gasteiger partial charge in [-0.15, -0.1) is 0 Å². The number of rotatable bonds is 6. The molecule has 0 aliphatic carbocycles. The first-order valence-electron chi connectivity index (χ1n) is 7.99. The molecule has 1 aliphatic heterocycles. The Morgan fingerprint density at radius 1 is 1.12 bits per heavy atom. The van der Waals surface area contributed by atoms with Gasteiger partial charge >= 0.3 is 6.09 Å². The molecule has 1 aliphatic rings. The van der Waals surface area contributed by atoms with E-state index in [0.717, 1.165) is 0 Å². The molecule has 1 fully saturated rings. The van der Waals surface area contributed by atoms with E-state index in [1.54, 1.807) is 24.3 Å². The van der Waals surface area contributed by atoms with Gasteiger partial charge in [0.25, 0.3) is 5.91 Å². The number of nitrogens with one attached hydrogen (secondary N) is 1. The molecular formula is C17H22N2O5. The number of benzene rings is 1. The van der Waals surface area contributed by atoms with Gasteiger partial charge in [0.2, 0.25) is 0 Å². The lowest BCUT2D eigenvalue weighted by Gasteiger charge is -2.35. The van der Waals surface area contributed by atoms with E-state index in [1.807, 2.05) is 6.07 Å². The minimum atomic E-state index is -1.53. The smallest absolute Gasteiger partial charge is 0.407 e. The van der Waals surface area contributed by atoms with Gasteiger partial charge in [0, 0.05) is 44.5 Å². The maximum Gasteiger partial charge on any atom is 0.407 e. The number of piperidine rings is 1. The number of ketones is 1. The van der Waals surface area contributed by atoms with E-state index in [-0.39, 0.29) is 31.7 Å². The van der Waals surface area contributed by atoms with Crippen molar-refractivity contribution in [1.29, 1.82) is 0 Å². The average molecular weight is 334 g/mol. The van der Waals surface area contributed by atoms with E-state index in [1.165, 1.54) is 4.90 Å². The number of carbonyl (C=O) groups excluding carboxylic acids is 2. The predicted molar refractivity (Wildman–Crippen MR) is 86.8 cm³/mol. The fourth-order valence-corrected chi connectivity index (χ4v) is 2.68. The summed E-state index contributed by atoms with van der Waals surface area (Å²) < 4.78 is 0. The molecule has 0 saturated carbocycles. The van der Waals surface area contributed by atoms with Gasteiger partial charge in [0.05, 0.1) is 0 Å². The minimum Gasteiger partial charge on any atom is -0.465 e. The van der Waals surface area contributed by atoms with Crippen molar-refractivity contribution >= 4 is 17.8 Å². The van der Waals surface area contributed by atoms with Crippen molar-refractivity contribution in [2.45, 2.75) is 31.3 Å². The van der Waals surface area contributed by atoms with Gasteiger partial charge in [-0.1, -0.05) is 30.3 Å². The first kappa shape index (κ1) is 17.9. The summed E-state index contributed by atoms with van der Waals surface area (Å²) in [6.45, 7) is 0.555. The van der Waals surface area contributed by atoms with Crippen molar-refractivity contribution in [2.24, 2.45) is 0 Å². The highest BCUT2D eigenvalue weighted by Crippen LogP contribution is 2.22. The third-order valence-corrected chi connectivity index (χ3v) is 4.25. The summed E-state index contributed by atoms with van der Waals surface area (Å²) in [5.74, 6) is -0.488. The Labute approximate surface area is 140 Å². The van der Waals surface area contributed by atoms with Crippen LogP contribution in [0.3, 0.4) is 0 Å². The molecule has 3 N–H and O–H groups in total.